The number of likely N-dealkylation sites (tertiary alicyclic amines) is 1. The van der Waals surface area contributed by atoms with Gasteiger partial charge in [0.25, 0.3) is 5.88 Å². The van der Waals surface area contributed by atoms with E-state index in [1.165, 1.54) is 30.4 Å². The minimum absolute atomic E-state index is 0.00214. The zero-order valence-electron chi connectivity index (χ0n) is 24.0. The number of imidazole rings is 1. The van der Waals surface area contributed by atoms with Crippen LogP contribution >= 0.6 is 0 Å². The molecule has 8 heteroatoms. The van der Waals surface area contributed by atoms with Gasteiger partial charge in [0.05, 0.1) is 18.2 Å². The van der Waals surface area contributed by atoms with Crippen molar-refractivity contribution in [3.8, 4) is 5.88 Å². The monoisotopic (exact) mass is 520 g/mol. The predicted octanol–water partition coefficient (Wildman–Crippen LogP) is 5.60. The van der Waals surface area contributed by atoms with Crippen molar-refractivity contribution in [3.05, 3.63) is 59.3 Å². The molecule has 8 nitrogen and oxygen atoms in total. The average molecular weight is 521 g/mol. The molecule has 4 rings (SSSR count). The third-order valence-corrected chi connectivity index (χ3v) is 8.41. The van der Waals surface area contributed by atoms with Gasteiger partial charge in [0, 0.05) is 25.5 Å². The van der Waals surface area contributed by atoms with Gasteiger partial charge in [-0.15, -0.1) is 0 Å². The molecular formula is C30H44N6O2. The Kier molecular flexibility index (Phi) is 9.03. The van der Waals surface area contributed by atoms with Crippen molar-refractivity contribution in [1.82, 2.24) is 29.4 Å². The molecule has 0 N–H and O–H groups in total. The lowest BCUT2D eigenvalue weighted by Gasteiger charge is -2.32. The first-order valence-corrected chi connectivity index (χ1v) is 14.2. The van der Waals surface area contributed by atoms with Crippen molar-refractivity contribution in [2.24, 2.45) is 11.3 Å². The van der Waals surface area contributed by atoms with Crippen molar-refractivity contribution >= 4 is 5.97 Å². The van der Waals surface area contributed by atoms with Gasteiger partial charge in [0.15, 0.2) is 0 Å². The van der Waals surface area contributed by atoms with Crippen LogP contribution in [-0.4, -0.2) is 48.5 Å². The van der Waals surface area contributed by atoms with Crippen LogP contribution < -0.4 is 4.74 Å². The average Bonchev–Trinajstić information content (AvgIpc) is 3.55. The summed E-state index contributed by atoms with van der Waals surface area (Å²) in [4.78, 5) is 20.5. The maximum Gasteiger partial charge on any atom is 0.318 e. The predicted molar refractivity (Wildman–Crippen MR) is 149 cm³/mol. The van der Waals surface area contributed by atoms with Crippen LogP contribution in [0.3, 0.4) is 0 Å². The molecule has 1 atom stereocenters. The molecule has 0 aliphatic carbocycles. The summed E-state index contributed by atoms with van der Waals surface area (Å²) in [5.74, 6) is 1.93. The Bertz CT molecular complexity index is 1210. The molecule has 38 heavy (non-hydrogen) atoms. The molecule has 3 heterocycles. The van der Waals surface area contributed by atoms with Crippen LogP contribution in [0.4, 0.5) is 0 Å². The van der Waals surface area contributed by atoms with Crippen molar-refractivity contribution in [1.29, 1.82) is 0 Å². The summed E-state index contributed by atoms with van der Waals surface area (Å²) in [6.45, 7) is 17.1. The lowest BCUT2D eigenvalue weighted by Crippen LogP contribution is -2.35. The van der Waals surface area contributed by atoms with E-state index < -0.39 is 5.41 Å². The van der Waals surface area contributed by atoms with Crippen molar-refractivity contribution in [2.75, 3.05) is 13.1 Å². The van der Waals surface area contributed by atoms with E-state index in [1.807, 2.05) is 27.0 Å². The molecule has 206 valence electrons. The number of ether oxygens (including phenoxy) is 1. The lowest BCUT2D eigenvalue weighted by molar-refractivity contribution is -0.145. The molecule has 3 aromatic rings. The van der Waals surface area contributed by atoms with Gasteiger partial charge in [-0.05, 0) is 88.6 Å². The highest BCUT2D eigenvalue weighted by atomic mass is 16.5. The molecule has 1 aromatic carbocycles. The molecule has 0 amide bonds. The second kappa shape index (κ2) is 12.2. The highest BCUT2D eigenvalue weighted by Gasteiger charge is 2.39. The first-order valence-electron chi connectivity index (χ1n) is 14.2. The van der Waals surface area contributed by atoms with Crippen LogP contribution in [0.15, 0.2) is 36.8 Å². The first kappa shape index (κ1) is 28.0. The van der Waals surface area contributed by atoms with E-state index in [0.29, 0.717) is 6.54 Å². The molecule has 1 fully saturated rings. The smallest absolute Gasteiger partial charge is 0.318 e. The Morgan fingerprint density at radius 3 is 2.58 bits per heavy atom. The Labute approximate surface area is 227 Å². The normalized spacial score (nSPS) is 16.1. The molecule has 1 aliphatic heterocycles. The number of rotatable bonds is 11. The topological polar surface area (TPSA) is 78.1 Å². The maximum absolute atomic E-state index is 13.3. The Balaban J connectivity index is 1.49. The second-order valence-electron chi connectivity index (χ2n) is 11.3. The fourth-order valence-corrected chi connectivity index (χ4v) is 5.66. The van der Waals surface area contributed by atoms with Crippen molar-refractivity contribution in [3.63, 3.8) is 0 Å². The van der Waals surface area contributed by atoms with Crippen molar-refractivity contribution < 1.29 is 9.53 Å². The van der Waals surface area contributed by atoms with Gasteiger partial charge in [-0.3, -0.25) is 9.69 Å². The van der Waals surface area contributed by atoms with Gasteiger partial charge in [0.2, 0.25) is 0 Å². The number of benzene rings is 1. The summed E-state index contributed by atoms with van der Waals surface area (Å²) >= 11 is 0. The quantitative estimate of drug-likeness (QED) is 0.306. The standard InChI is InChI=1S/C30H44N6O2/c1-7-23-12-15-34(16-13-23)20-27-31-14-17-35(27)19-25-18-24(11-10-22(25)4)26(8-2)30(5,6)29(37)38-28-21-36(9-3)33-32-28/h10-11,14,17-18,21,23,26H,7-9,12-13,15-16,19-20H2,1-6H3. The Morgan fingerprint density at radius 2 is 1.92 bits per heavy atom. The number of aromatic nitrogens is 5. The summed E-state index contributed by atoms with van der Waals surface area (Å²) in [6.07, 6.45) is 10.3. The number of nitrogens with zero attached hydrogens (tertiary/aromatic N) is 6. The first-order chi connectivity index (χ1) is 18.2. The van der Waals surface area contributed by atoms with Crippen molar-refractivity contribution in [2.45, 2.75) is 92.8 Å². The summed E-state index contributed by atoms with van der Waals surface area (Å²) in [5.41, 5.74) is 2.90. The maximum atomic E-state index is 13.3. The summed E-state index contributed by atoms with van der Waals surface area (Å²) < 4.78 is 9.58. The fourth-order valence-electron chi connectivity index (χ4n) is 5.66. The largest absolute Gasteiger partial charge is 0.404 e. The minimum Gasteiger partial charge on any atom is -0.404 e. The number of aryl methyl sites for hydroxylation is 2. The highest BCUT2D eigenvalue weighted by molar-refractivity contribution is 5.79. The molecule has 0 saturated carbocycles. The van der Waals surface area contributed by atoms with Gasteiger partial charge in [-0.1, -0.05) is 48.8 Å². The van der Waals surface area contributed by atoms with Gasteiger partial charge < -0.3 is 9.30 Å². The van der Waals surface area contributed by atoms with Gasteiger partial charge in [0.1, 0.15) is 5.82 Å². The van der Waals surface area contributed by atoms with E-state index in [4.69, 9.17) is 9.72 Å². The summed E-state index contributed by atoms with van der Waals surface area (Å²) in [7, 11) is 0. The van der Waals surface area contributed by atoms with E-state index >= 15 is 0 Å². The van der Waals surface area contributed by atoms with E-state index in [2.05, 4.69) is 64.9 Å². The summed E-state index contributed by atoms with van der Waals surface area (Å²) in [6, 6.07) is 6.60. The number of carbonyl (C=O) groups is 1. The molecular weight excluding hydrogens is 476 g/mol. The number of hydrogen-bond acceptors (Lipinski definition) is 6. The molecule has 0 radical (unpaired) electrons. The molecule has 1 aliphatic rings. The number of piperidine rings is 1. The minimum atomic E-state index is -0.734. The molecule has 0 spiro atoms. The zero-order chi connectivity index (χ0) is 27.3. The van der Waals surface area contributed by atoms with Gasteiger partial charge in [-0.2, -0.15) is 0 Å². The van der Waals surface area contributed by atoms with Gasteiger partial charge >= 0.3 is 5.97 Å². The van der Waals surface area contributed by atoms with Crippen LogP contribution in [0, 0.1) is 18.3 Å². The Hall–Kier alpha value is -3.00. The molecule has 1 saturated heterocycles. The second-order valence-corrected chi connectivity index (χ2v) is 11.3. The third kappa shape index (κ3) is 6.34. The number of carbonyl (C=O) groups excluding carboxylic acids is 1. The van der Waals surface area contributed by atoms with E-state index in [9.17, 15) is 4.79 Å². The molecule has 1 unspecified atom stereocenters. The fraction of sp³-hybridized carbons (Fsp3) is 0.600. The van der Waals surface area contributed by atoms with Crippen LogP contribution in [0.5, 0.6) is 5.88 Å². The summed E-state index contributed by atoms with van der Waals surface area (Å²) in [5, 5.41) is 7.96. The van der Waals surface area contributed by atoms with E-state index in [1.54, 1.807) is 10.9 Å². The van der Waals surface area contributed by atoms with Crippen LogP contribution in [0.1, 0.15) is 88.7 Å². The lowest BCUT2D eigenvalue weighted by atomic mass is 9.73. The SMILES string of the molecule is CCC1CCN(Cc2nccn2Cc2cc(C(CC)C(C)(C)C(=O)Oc3cn(CC)nn3)ccc2C)CC1. The number of esters is 1. The Morgan fingerprint density at radius 1 is 1.16 bits per heavy atom. The third-order valence-electron chi connectivity index (χ3n) is 8.41. The van der Waals surface area contributed by atoms with Crippen LogP contribution in [-0.2, 0) is 24.4 Å². The highest BCUT2D eigenvalue weighted by Crippen LogP contribution is 2.40. The zero-order valence-corrected chi connectivity index (χ0v) is 24.0. The van der Waals surface area contributed by atoms with Crippen LogP contribution in [0.2, 0.25) is 0 Å². The van der Waals surface area contributed by atoms with Gasteiger partial charge in [-0.25, -0.2) is 9.67 Å². The molecule has 2 aromatic heterocycles. The molecule has 0 bridgehead atoms. The van der Waals surface area contributed by atoms with E-state index in [0.717, 1.165) is 49.9 Å². The van der Waals surface area contributed by atoms with E-state index in [-0.39, 0.29) is 17.8 Å². The van der Waals surface area contributed by atoms with Crippen LogP contribution in [0.25, 0.3) is 0 Å². The number of hydrogen-bond donors (Lipinski definition) is 0.